The number of carbonyl (C=O) groups is 2. The van der Waals surface area contributed by atoms with Gasteiger partial charge in [0.05, 0.1) is 0 Å². The SMILES string of the molecule is C=CC(=O)OCC(CCC)(COC(=O)C=C)OP(=O)(O)O. The topological polar surface area (TPSA) is 119 Å². The van der Waals surface area contributed by atoms with Gasteiger partial charge in [0.25, 0.3) is 0 Å². The summed E-state index contributed by atoms with van der Waals surface area (Å²) in [6.07, 6.45) is 2.32. The number of hydrogen-bond donors (Lipinski definition) is 2. The molecule has 0 rings (SSSR count). The summed E-state index contributed by atoms with van der Waals surface area (Å²) in [6.45, 7) is 7.13. The van der Waals surface area contributed by atoms with Crippen molar-refractivity contribution in [1.29, 1.82) is 0 Å². The molecule has 0 fully saturated rings. The number of phosphoric ester groups is 1. The maximum absolute atomic E-state index is 11.1. The van der Waals surface area contributed by atoms with Gasteiger partial charge in [-0.05, 0) is 6.42 Å². The van der Waals surface area contributed by atoms with E-state index in [1.165, 1.54) is 0 Å². The van der Waals surface area contributed by atoms with Crippen LogP contribution < -0.4 is 0 Å². The molecule has 0 aromatic heterocycles. The van der Waals surface area contributed by atoms with E-state index in [1.54, 1.807) is 6.92 Å². The van der Waals surface area contributed by atoms with Gasteiger partial charge in [-0.3, -0.25) is 4.52 Å². The summed E-state index contributed by atoms with van der Waals surface area (Å²) in [5, 5.41) is 0. The van der Waals surface area contributed by atoms with Crippen molar-refractivity contribution in [1.82, 2.24) is 0 Å². The molecule has 0 atom stereocenters. The van der Waals surface area contributed by atoms with Crippen LogP contribution in [0, 0.1) is 0 Å². The highest BCUT2D eigenvalue weighted by Gasteiger charge is 2.40. The second-order valence-corrected chi connectivity index (χ2v) is 5.30. The van der Waals surface area contributed by atoms with Crippen LogP contribution in [0.3, 0.4) is 0 Å². The third kappa shape index (κ3) is 8.41. The average Bonchev–Trinajstić information content (AvgIpc) is 2.40. The lowest BCUT2D eigenvalue weighted by Gasteiger charge is -2.32. The van der Waals surface area contributed by atoms with Crippen LogP contribution in [0.4, 0.5) is 0 Å². The number of rotatable bonds is 10. The number of hydrogen-bond acceptors (Lipinski definition) is 6. The molecule has 0 heterocycles. The molecule has 0 unspecified atom stereocenters. The van der Waals surface area contributed by atoms with Gasteiger partial charge in [-0.1, -0.05) is 26.5 Å². The van der Waals surface area contributed by atoms with Crippen molar-refractivity contribution in [2.75, 3.05) is 13.2 Å². The van der Waals surface area contributed by atoms with E-state index in [0.29, 0.717) is 6.42 Å². The minimum Gasteiger partial charge on any atom is -0.459 e. The summed E-state index contributed by atoms with van der Waals surface area (Å²) in [6, 6.07) is 0. The third-order valence-electron chi connectivity index (χ3n) is 2.31. The Balaban J connectivity index is 5.15. The Kier molecular flexibility index (Phi) is 8.12. The normalized spacial score (nSPS) is 11.6. The molecule has 120 valence electrons. The molecule has 0 aliphatic carbocycles. The second-order valence-electron chi connectivity index (χ2n) is 4.14. The fourth-order valence-electron chi connectivity index (χ4n) is 1.52. The molecule has 0 saturated heterocycles. The molecule has 2 N–H and O–H groups in total. The molecule has 0 aromatic carbocycles. The first-order valence-electron chi connectivity index (χ1n) is 6.02. The van der Waals surface area contributed by atoms with Crippen molar-refractivity contribution in [3.63, 3.8) is 0 Å². The lowest BCUT2D eigenvalue weighted by atomic mass is 10.0. The largest absolute Gasteiger partial charge is 0.470 e. The van der Waals surface area contributed by atoms with Gasteiger partial charge in [0.15, 0.2) is 0 Å². The standard InChI is InChI=1S/C12H19O8P/c1-4-7-12(20-21(15,16)17,8-18-10(13)5-2)9-19-11(14)6-3/h5-6H,2-4,7-9H2,1H3,(H2,15,16,17). The zero-order chi connectivity index (χ0) is 16.5. The van der Waals surface area contributed by atoms with Crippen LogP contribution in [0.25, 0.3) is 0 Å². The van der Waals surface area contributed by atoms with Gasteiger partial charge < -0.3 is 19.3 Å². The highest BCUT2D eigenvalue weighted by Crippen LogP contribution is 2.43. The van der Waals surface area contributed by atoms with Crippen LogP contribution in [-0.4, -0.2) is 40.5 Å². The summed E-state index contributed by atoms with van der Waals surface area (Å²) in [5.74, 6) is -1.58. The Bertz CT molecular complexity index is 415. The summed E-state index contributed by atoms with van der Waals surface area (Å²) < 4.78 is 25.4. The first kappa shape index (κ1) is 19.5. The Morgan fingerprint density at radius 1 is 1.14 bits per heavy atom. The maximum Gasteiger partial charge on any atom is 0.470 e. The molecule has 0 radical (unpaired) electrons. The molecular weight excluding hydrogens is 303 g/mol. The zero-order valence-electron chi connectivity index (χ0n) is 11.7. The summed E-state index contributed by atoms with van der Waals surface area (Å²) >= 11 is 0. The highest BCUT2D eigenvalue weighted by molar-refractivity contribution is 7.46. The summed E-state index contributed by atoms with van der Waals surface area (Å²) in [4.78, 5) is 40.2. The molecule has 0 bridgehead atoms. The van der Waals surface area contributed by atoms with Crippen LogP contribution in [0.5, 0.6) is 0 Å². The van der Waals surface area contributed by atoms with E-state index < -0.39 is 38.6 Å². The molecule has 0 amide bonds. The van der Waals surface area contributed by atoms with Crippen molar-refractivity contribution in [2.45, 2.75) is 25.4 Å². The molecule has 0 spiro atoms. The quantitative estimate of drug-likeness (QED) is 0.348. The van der Waals surface area contributed by atoms with Crippen molar-refractivity contribution in [3.05, 3.63) is 25.3 Å². The third-order valence-corrected chi connectivity index (χ3v) is 2.93. The number of carbonyl (C=O) groups excluding carboxylic acids is 2. The van der Waals surface area contributed by atoms with E-state index in [1.807, 2.05) is 0 Å². The first-order valence-corrected chi connectivity index (χ1v) is 7.56. The average molecular weight is 322 g/mol. The lowest BCUT2D eigenvalue weighted by molar-refractivity contribution is -0.156. The highest BCUT2D eigenvalue weighted by atomic mass is 31.2. The summed E-state index contributed by atoms with van der Waals surface area (Å²) in [7, 11) is -4.89. The van der Waals surface area contributed by atoms with E-state index in [2.05, 4.69) is 13.2 Å². The summed E-state index contributed by atoms with van der Waals surface area (Å²) in [5.41, 5.74) is -1.65. The van der Waals surface area contributed by atoms with Gasteiger partial charge in [-0.2, -0.15) is 0 Å². The van der Waals surface area contributed by atoms with E-state index in [4.69, 9.17) is 23.8 Å². The van der Waals surface area contributed by atoms with E-state index >= 15 is 0 Å². The smallest absolute Gasteiger partial charge is 0.459 e. The molecule has 0 aliphatic heterocycles. The van der Waals surface area contributed by atoms with E-state index in [9.17, 15) is 14.2 Å². The van der Waals surface area contributed by atoms with Crippen LogP contribution >= 0.6 is 7.82 Å². The van der Waals surface area contributed by atoms with Crippen LogP contribution in [0.15, 0.2) is 25.3 Å². The Morgan fingerprint density at radius 3 is 1.86 bits per heavy atom. The Hall–Kier alpha value is -1.47. The predicted molar refractivity (Wildman–Crippen MR) is 73.1 cm³/mol. The van der Waals surface area contributed by atoms with Gasteiger partial charge in [0, 0.05) is 12.2 Å². The molecule has 0 saturated carbocycles. The fourth-order valence-corrected chi connectivity index (χ4v) is 2.22. The predicted octanol–water partition coefficient (Wildman–Crippen LogP) is 1.09. The van der Waals surface area contributed by atoms with Crippen molar-refractivity contribution < 1.29 is 37.9 Å². The van der Waals surface area contributed by atoms with Crippen LogP contribution in [0.2, 0.25) is 0 Å². The molecule has 8 nitrogen and oxygen atoms in total. The van der Waals surface area contributed by atoms with Crippen LogP contribution in [-0.2, 0) is 28.2 Å². The van der Waals surface area contributed by atoms with E-state index in [0.717, 1.165) is 12.2 Å². The lowest BCUT2D eigenvalue weighted by Crippen LogP contribution is -2.43. The number of phosphoric acid groups is 1. The van der Waals surface area contributed by atoms with Crippen LogP contribution in [0.1, 0.15) is 19.8 Å². The van der Waals surface area contributed by atoms with E-state index in [-0.39, 0.29) is 6.42 Å². The monoisotopic (exact) mass is 322 g/mol. The molecule has 0 aliphatic rings. The van der Waals surface area contributed by atoms with Gasteiger partial charge in [-0.25, -0.2) is 14.2 Å². The minimum atomic E-state index is -4.89. The maximum atomic E-state index is 11.1. The Labute approximate surface area is 122 Å². The minimum absolute atomic E-state index is 0.0902. The van der Waals surface area contributed by atoms with Crippen molar-refractivity contribution in [3.8, 4) is 0 Å². The van der Waals surface area contributed by atoms with Crippen molar-refractivity contribution in [2.24, 2.45) is 0 Å². The zero-order valence-corrected chi connectivity index (χ0v) is 12.6. The van der Waals surface area contributed by atoms with Gasteiger partial charge in [0.1, 0.15) is 18.8 Å². The van der Waals surface area contributed by atoms with Gasteiger partial charge >= 0.3 is 19.8 Å². The Morgan fingerprint density at radius 2 is 1.57 bits per heavy atom. The fraction of sp³-hybridized carbons (Fsp3) is 0.500. The number of esters is 2. The van der Waals surface area contributed by atoms with Crippen molar-refractivity contribution >= 4 is 19.8 Å². The van der Waals surface area contributed by atoms with Gasteiger partial charge in [0.2, 0.25) is 0 Å². The van der Waals surface area contributed by atoms with Gasteiger partial charge in [-0.15, -0.1) is 0 Å². The molecule has 21 heavy (non-hydrogen) atoms. The number of ether oxygens (including phenoxy) is 2. The molecule has 0 aromatic rings. The molecule has 9 heteroatoms. The second kappa shape index (κ2) is 8.74. The first-order chi connectivity index (χ1) is 9.68. The molecular formula is C12H19O8P.